The molecule has 0 bridgehead atoms. The predicted molar refractivity (Wildman–Crippen MR) is 68.2 cm³/mol. The smallest absolute Gasteiger partial charge is 0.119 e. The van der Waals surface area contributed by atoms with Gasteiger partial charge in [-0.25, -0.2) is 0 Å². The van der Waals surface area contributed by atoms with E-state index in [0.717, 1.165) is 17.7 Å². The molecule has 0 radical (unpaired) electrons. The number of likely N-dealkylation sites (tertiary alicyclic amines) is 1. The number of aliphatic hydroxyl groups is 1. The number of hydrogen-bond donors (Lipinski definition) is 1. The molecule has 0 unspecified atom stereocenters. The minimum absolute atomic E-state index is 0.184. The summed E-state index contributed by atoms with van der Waals surface area (Å²) < 4.78 is 5.22. The van der Waals surface area contributed by atoms with Crippen LogP contribution in [0.5, 0.6) is 5.75 Å². The second-order valence-electron chi connectivity index (χ2n) is 4.58. The number of nitrogens with zero attached hydrogens (tertiary/aromatic N) is 2. The van der Waals surface area contributed by atoms with E-state index in [2.05, 4.69) is 11.0 Å². The van der Waals surface area contributed by atoms with Crippen molar-refractivity contribution in [3.05, 3.63) is 29.8 Å². The van der Waals surface area contributed by atoms with Crippen LogP contribution in [0.15, 0.2) is 24.3 Å². The van der Waals surface area contributed by atoms with Gasteiger partial charge in [0, 0.05) is 25.6 Å². The van der Waals surface area contributed by atoms with Gasteiger partial charge in [0.25, 0.3) is 0 Å². The van der Waals surface area contributed by atoms with Crippen molar-refractivity contribution in [3.8, 4) is 11.8 Å². The maximum absolute atomic E-state index is 9.80. The molecule has 4 heteroatoms. The van der Waals surface area contributed by atoms with Crippen LogP contribution < -0.4 is 4.74 Å². The standard InChI is InChI=1S/C14H18N2O2/c1-18-13-5-2-4-11(8-13)14-9-12(17)10-16(14)7-3-6-15/h2,4-5,8,12,14,17H,3,7,9-10H2,1H3/t12-,14-/m0/s1. The zero-order chi connectivity index (χ0) is 13.0. The lowest BCUT2D eigenvalue weighted by molar-refractivity contribution is 0.176. The molecule has 0 aromatic heterocycles. The lowest BCUT2D eigenvalue weighted by Gasteiger charge is -2.23. The molecule has 0 spiro atoms. The van der Waals surface area contributed by atoms with Gasteiger partial charge in [-0.15, -0.1) is 0 Å². The van der Waals surface area contributed by atoms with E-state index >= 15 is 0 Å². The molecule has 1 aliphatic heterocycles. The zero-order valence-corrected chi connectivity index (χ0v) is 10.5. The first-order chi connectivity index (χ1) is 8.74. The van der Waals surface area contributed by atoms with Crippen molar-refractivity contribution in [1.29, 1.82) is 5.26 Å². The van der Waals surface area contributed by atoms with Crippen molar-refractivity contribution in [2.45, 2.75) is 25.0 Å². The van der Waals surface area contributed by atoms with E-state index in [1.54, 1.807) is 7.11 Å². The molecular weight excluding hydrogens is 228 g/mol. The second-order valence-corrected chi connectivity index (χ2v) is 4.58. The lowest BCUT2D eigenvalue weighted by atomic mass is 10.0. The largest absolute Gasteiger partial charge is 0.497 e. The quantitative estimate of drug-likeness (QED) is 0.878. The van der Waals surface area contributed by atoms with Crippen LogP contribution in [-0.2, 0) is 0 Å². The van der Waals surface area contributed by atoms with Crippen molar-refractivity contribution in [2.24, 2.45) is 0 Å². The first-order valence-corrected chi connectivity index (χ1v) is 6.17. The third-order valence-corrected chi connectivity index (χ3v) is 3.37. The highest BCUT2D eigenvalue weighted by Crippen LogP contribution is 2.33. The average Bonchev–Trinajstić information content (AvgIpc) is 2.77. The predicted octanol–water partition coefficient (Wildman–Crippen LogP) is 1.72. The van der Waals surface area contributed by atoms with Crippen LogP contribution in [-0.4, -0.2) is 36.3 Å². The number of β-amino-alcohol motifs (C(OH)–C–C–N with tert-alkyl or cyclic N) is 1. The summed E-state index contributed by atoms with van der Waals surface area (Å²) >= 11 is 0. The Bertz CT molecular complexity index is 442. The molecule has 1 fully saturated rings. The highest BCUT2D eigenvalue weighted by atomic mass is 16.5. The molecule has 1 aliphatic rings. The van der Waals surface area contributed by atoms with Crippen LogP contribution in [0.25, 0.3) is 0 Å². The number of hydrogen-bond acceptors (Lipinski definition) is 4. The SMILES string of the molecule is COc1cccc([C@@H]2C[C@H](O)CN2CCC#N)c1. The molecule has 1 N–H and O–H groups in total. The molecule has 1 saturated heterocycles. The van der Waals surface area contributed by atoms with Gasteiger partial charge in [-0.3, -0.25) is 4.90 Å². The Morgan fingerprint density at radius 3 is 3.11 bits per heavy atom. The van der Waals surface area contributed by atoms with Gasteiger partial charge in [0.2, 0.25) is 0 Å². The Hall–Kier alpha value is -1.57. The molecule has 2 atom stereocenters. The van der Waals surface area contributed by atoms with Crippen molar-refractivity contribution in [2.75, 3.05) is 20.2 Å². The third-order valence-electron chi connectivity index (χ3n) is 3.37. The fourth-order valence-electron chi connectivity index (χ4n) is 2.52. The Morgan fingerprint density at radius 1 is 1.56 bits per heavy atom. The first kappa shape index (κ1) is 12.9. The van der Waals surface area contributed by atoms with Crippen LogP contribution in [0.1, 0.15) is 24.4 Å². The topological polar surface area (TPSA) is 56.5 Å². The molecular formula is C14H18N2O2. The molecule has 2 rings (SSSR count). The van der Waals surface area contributed by atoms with E-state index in [-0.39, 0.29) is 12.1 Å². The lowest BCUT2D eigenvalue weighted by Crippen LogP contribution is -2.25. The second kappa shape index (κ2) is 5.85. The number of benzene rings is 1. The van der Waals surface area contributed by atoms with E-state index in [9.17, 15) is 5.11 Å². The van der Waals surface area contributed by atoms with Gasteiger partial charge in [-0.1, -0.05) is 12.1 Å². The van der Waals surface area contributed by atoms with Crippen molar-refractivity contribution >= 4 is 0 Å². The summed E-state index contributed by atoms with van der Waals surface area (Å²) in [5.41, 5.74) is 1.14. The maximum Gasteiger partial charge on any atom is 0.119 e. The van der Waals surface area contributed by atoms with Crippen LogP contribution >= 0.6 is 0 Å². The molecule has 0 amide bonds. The summed E-state index contributed by atoms with van der Waals surface area (Å²) in [6.07, 6.45) is 0.908. The molecule has 96 valence electrons. The van der Waals surface area contributed by atoms with Gasteiger partial charge in [-0.05, 0) is 24.1 Å². The van der Waals surface area contributed by atoms with E-state index < -0.39 is 0 Å². The molecule has 1 aromatic rings. The molecule has 0 aliphatic carbocycles. The number of methoxy groups -OCH3 is 1. The molecule has 1 heterocycles. The fourth-order valence-corrected chi connectivity index (χ4v) is 2.52. The summed E-state index contributed by atoms with van der Waals surface area (Å²) in [6.45, 7) is 1.35. The number of rotatable bonds is 4. The average molecular weight is 246 g/mol. The van der Waals surface area contributed by atoms with Crippen LogP contribution in [0.2, 0.25) is 0 Å². The minimum atomic E-state index is -0.306. The summed E-state index contributed by atoms with van der Waals surface area (Å²) in [4.78, 5) is 2.17. The van der Waals surface area contributed by atoms with Gasteiger partial charge >= 0.3 is 0 Å². The molecule has 1 aromatic carbocycles. The third kappa shape index (κ3) is 2.81. The normalized spacial score (nSPS) is 23.8. The highest BCUT2D eigenvalue weighted by molar-refractivity contribution is 5.31. The van der Waals surface area contributed by atoms with Gasteiger partial charge in [0.1, 0.15) is 5.75 Å². The Labute approximate surface area is 107 Å². The number of ether oxygens (including phenoxy) is 1. The fraction of sp³-hybridized carbons (Fsp3) is 0.500. The van der Waals surface area contributed by atoms with Crippen LogP contribution in [0.3, 0.4) is 0 Å². The summed E-state index contributed by atoms with van der Waals surface area (Å²) in [5.74, 6) is 0.828. The Balaban J connectivity index is 2.16. The number of nitriles is 1. The molecule has 18 heavy (non-hydrogen) atoms. The maximum atomic E-state index is 9.80. The highest BCUT2D eigenvalue weighted by Gasteiger charge is 2.31. The van der Waals surface area contributed by atoms with E-state index in [0.29, 0.717) is 19.5 Å². The summed E-state index contributed by atoms with van der Waals surface area (Å²) in [6, 6.07) is 10.3. The monoisotopic (exact) mass is 246 g/mol. The van der Waals surface area contributed by atoms with Gasteiger partial charge in [0.15, 0.2) is 0 Å². The van der Waals surface area contributed by atoms with E-state index in [4.69, 9.17) is 10.00 Å². The summed E-state index contributed by atoms with van der Waals surface area (Å²) in [7, 11) is 1.65. The van der Waals surface area contributed by atoms with E-state index in [1.807, 2.05) is 24.3 Å². The Morgan fingerprint density at radius 2 is 2.39 bits per heavy atom. The van der Waals surface area contributed by atoms with Crippen LogP contribution in [0.4, 0.5) is 0 Å². The number of aliphatic hydroxyl groups excluding tert-OH is 1. The summed E-state index contributed by atoms with van der Waals surface area (Å²) in [5, 5.41) is 18.5. The van der Waals surface area contributed by atoms with Crippen molar-refractivity contribution in [3.63, 3.8) is 0 Å². The van der Waals surface area contributed by atoms with Gasteiger partial charge in [-0.2, -0.15) is 5.26 Å². The minimum Gasteiger partial charge on any atom is -0.497 e. The Kier molecular flexibility index (Phi) is 4.19. The van der Waals surface area contributed by atoms with Gasteiger partial charge in [0.05, 0.1) is 19.3 Å². The molecule has 4 nitrogen and oxygen atoms in total. The van der Waals surface area contributed by atoms with Crippen molar-refractivity contribution < 1.29 is 9.84 Å². The first-order valence-electron chi connectivity index (χ1n) is 6.17. The van der Waals surface area contributed by atoms with Gasteiger partial charge < -0.3 is 9.84 Å². The van der Waals surface area contributed by atoms with E-state index in [1.165, 1.54) is 0 Å². The molecule has 0 saturated carbocycles. The van der Waals surface area contributed by atoms with Crippen LogP contribution in [0, 0.1) is 11.3 Å². The zero-order valence-electron chi connectivity index (χ0n) is 10.5. The van der Waals surface area contributed by atoms with Crippen molar-refractivity contribution in [1.82, 2.24) is 4.90 Å².